The summed E-state index contributed by atoms with van der Waals surface area (Å²) in [4.78, 5) is 0. The highest BCUT2D eigenvalue weighted by molar-refractivity contribution is 9.10. The second-order valence-electron chi connectivity index (χ2n) is 5.32. The molecule has 2 unspecified atom stereocenters. The predicted octanol–water partition coefficient (Wildman–Crippen LogP) is 2.95. The highest BCUT2D eigenvalue weighted by Crippen LogP contribution is 2.43. The van der Waals surface area contributed by atoms with Gasteiger partial charge >= 0.3 is 0 Å². The van der Waals surface area contributed by atoms with Gasteiger partial charge in [0.15, 0.2) is 0 Å². The van der Waals surface area contributed by atoms with E-state index in [9.17, 15) is 0 Å². The molecule has 1 fully saturated rings. The Hall–Kier alpha value is -0.580. The fourth-order valence-electron chi connectivity index (χ4n) is 2.90. The molecule has 2 aliphatic rings. The fraction of sp³-hybridized carbons (Fsp3) is 0.571. The summed E-state index contributed by atoms with van der Waals surface area (Å²) in [5.41, 5.74) is 8.50. The lowest BCUT2D eigenvalue weighted by Crippen LogP contribution is -2.37. The van der Waals surface area contributed by atoms with Crippen molar-refractivity contribution in [3.8, 4) is 5.75 Å². The van der Waals surface area contributed by atoms with Gasteiger partial charge in [0.1, 0.15) is 5.75 Å². The number of benzene rings is 1. The molecule has 4 heteroatoms. The van der Waals surface area contributed by atoms with Crippen molar-refractivity contribution in [3.05, 3.63) is 27.7 Å². The minimum atomic E-state index is -0.263. The van der Waals surface area contributed by atoms with E-state index in [1.54, 1.807) is 0 Å². The third-order valence-corrected chi connectivity index (χ3v) is 4.48. The number of fused-ring (bicyclic) bond motifs is 1. The van der Waals surface area contributed by atoms with Crippen LogP contribution in [0.2, 0.25) is 0 Å². The first-order chi connectivity index (χ1) is 8.60. The van der Waals surface area contributed by atoms with Gasteiger partial charge in [0.2, 0.25) is 0 Å². The molecule has 2 heterocycles. The monoisotopic (exact) mass is 311 g/mol. The van der Waals surface area contributed by atoms with Crippen LogP contribution in [0.15, 0.2) is 16.6 Å². The standard InChI is InChI=1S/C14H18BrNO2/c1-14(4-2-5-18-14)13(16)11-8-10(15)7-9-3-6-17-12(9)11/h7-8,13H,2-6,16H2,1H3. The Balaban J connectivity index is 2.01. The molecule has 0 aliphatic carbocycles. The Bertz CT molecular complexity index is 469. The molecule has 3 nitrogen and oxygen atoms in total. The van der Waals surface area contributed by atoms with Crippen molar-refractivity contribution in [2.75, 3.05) is 13.2 Å². The van der Waals surface area contributed by atoms with Gasteiger partial charge in [-0.25, -0.2) is 0 Å². The summed E-state index contributed by atoms with van der Waals surface area (Å²) in [6, 6.07) is 4.06. The van der Waals surface area contributed by atoms with Crippen molar-refractivity contribution in [2.45, 2.75) is 37.8 Å². The third-order valence-electron chi connectivity index (χ3n) is 4.02. The van der Waals surface area contributed by atoms with Gasteiger partial charge in [0.25, 0.3) is 0 Å². The Labute approximate surface area is 116 Å². The van der Waals surface area contributed by atoms with Gasteiger partial charge in [0, 0.05) is 23.1 Å². The number of ether oxygens (including phenoxy) is 2. The van der Waals surface area contributed by atoms with Crippen LogP contribution in [0.1, 0.15) is 36.9 Å². The van der Waals surface area contributed by atoms with Crippen molar-refractivity contribution in [1.29, 1.82) is 0 Å². The molecule has 1 saturated heterocycles. The summed E-state index contributed by atoms with van der Waals surface area (Å²) in [5.74, 6) is 0.974. The van der Waals surface area contributed by atoms with E-state index in [0.717, 1.165) is 48.3 Å². The Morgan fingerprint density at radius 2 is 2.22 bits per heavy atom. The van der Waals surface area contributed by atoms with Gasteiger partial charge in [-0.2, -0.15) is 0 Å². The van der Waals surface area contributed by atoms with E-state index in [1.165, 1.54) is 5.56 Å². The Morgan fingerprint density at radius 3 is 2.94 bits per heavy atom. The van der Waals surface area contributed by atoms with Gasteiger partial charge in [-0.1, -0.05) is 15.9 Å². The predicted molar refractivity (Wildman–Crippen MR) is 73.9 cm³/mol. The zero-order valence-corrected chi connectivity index (χ0v) is 12.1. The van der Waals surface area contributed by atoms with Crippen LogP contribution < -0.4 is 10.5 Å². The first-order valence-corrected chi connectivity index (χ1v) is 7.24. The van der Waals surface area contributed by atoms with E-state index in [1.807, 2.05) is 0 Å². The smallest absolute Gasteiger partial charge is 0.127 e. The molecule has 2 atom stereocenters. The van der Waals surface area contributed by atoms with E-state index < -0.39 is 0 Å². The van der Waals surface area contributed by atoms with E-state index >= 15 is 0 Å². The van der Waals surface area contributed by atoms with Gasteiger partial charge in [-0.05, 0) is 37.5 Å². The zero-order valence-electron chi connectivity index (χ0n) is 10.5. The molecule has 3 rings (SSSR count). The average Bonchev–Trinajstić information content (AvgIpc) is 2.96. The molecule has 0 saturated carbocycles. The first kappa shape index (κ1) is 12.5. The zero-order chi connectivity index (χ0) is 12.8. The largest absolute Gasteiger partial charge is 0.493 e. The maximum atomic E-state index is 6.45. The molecule has 0 spiro atoms. The summed E-state index contributed by atoms with van der Waals surface area (Å²) in [6.45, 7) is 3.66. The van der Waals surface area contributed by atoms with Crippen LogP contribution in [-0.2, 0) is 11.2 Å². The van der Waals surface area contributed by atoms with Gasteiger partial charge in [0.05, 0.1) is 18.2 Å². The molecule has 0 bridgehead atoms. The summed E-state index contributed by atoms with van der Waals surface area (Å²) in [7, 11) is 0. The Morgan fingerprint density at radius 1 is 1.39 bits per heavy atom. The summed E-state index contributed by atoms with van der Waals surface area (Å²) < 4.78 is 12.7. The molecule has 0 radical (unpaired) electrons. The molecule has 98 valence electrons. The van der Waals surface area contributed by atoms with Crippen LogP contribution in [0.4, 0.5) is 0 Å². The third kappa shape index (κ3) is 1.96. The highest BCUT2D eigenvalue weighted by atomic mass is 79.9. The second kappa shape index (κ2) is 4.51. The molecule has 0 aromatic heterocycles. The minimum absolute atomic E-state index is 0.135. The van der Waals surface area contributed by atoms with Crippen molar-refractivity contribution < 1.29 is 9.47 Å². The fourth-order valence-corrected chi connectivity index (χ4v) is 3.43. The van der Waals surface area contributed by atoms with Crippen molar-refractivity contribution in [2.24, 2.45) is 5.73 Å². The van der Waals surface area contributed by atoms with E-state index in [4.69, 9.17) is 15.2 Å². The number of nitrogens with two attached hydrogens (primary N) is 1. The van der Waals surface area contributed by atoms with Crippen molar-refractivity contribution in [1.82, 2.24) is 0 Å². The van der Waals surface area contributed by atoms with E-state index in [2.05, 4.69) is 35.0 Å². The molecule has 18 heavy (non-hydrogen) atoms. The maximum absolute atomic E-state index is 6.45. The van der Waals surface area contributed by atoms with Crippen LogP contribution in [0.5, 0.6) is 5.75 Å². The number of rotatable bonds is 2. The molecule has 2 N–H and O–H groups in total. The van der Waals surface area contributed by atoms with Crippen LogP contribution in [0, 0.1) is 0 Å². The van der Waals surface area contributed by atoms with Gasteiger partial charge in [-0.15, -0.1) is 0 Å². The second-order valence-corrected chi connectivity index (χ2v) is 6.24. The normalized spacial score (nSPS) is 27.9. The summed E-state index contributed by atoms with van der Waals surface area (Å²) in [6.07, 6.45) is 3.06. The van der Waals surface area contributed by atoms with Gasteiger partial charge in [-0.3, -0.25) is 0 Å². The van der Waals surface area contributed by atoms with Gasteiger partial charge < -0.3 is 15.2 Å². The van der Waals surface area contributed by atoms with E-state index in [0.29, 0.717) is 0 Å². The lowest BCUT2D eigenvalue weighted by molar-refractivity contribution is -0.00228. The lowest BCUT2D eigenvalue weighted by Gasteiger charge is -2.31. The topological polar surface area (TPSA) is 44.5 Å². The SMILES string of the molecule is CC1(C(N)c2cc(Br)cc3c2OCC3)CCCO1. The molecular weight excluding hydrogens is 294 g/mol. The quantitative estimate of drug-likeness (QED) is 0.913. The number of hydrogen-bond donors (Lipinski definition) is 1. The van der Waals surface area contributed by atoms with Crippen molar-refractivity contribution in [3.63, 3.8) is 0 Å². The first-order valence-electron chi connectivity index (χ1n) is 6.45. The summed E-state index contributed by atoms with van der Waals surface area (Å²) >= 11 is 3.56. The van der Waals surface area contributed by atoms with Crippen molar-refractivity contribution >= 4 is 15.9 Å². The average molecular weight is 312 g/mol. The molecule has 2 aliphatic heterocycles. The molecule has 1 aromatic carbocycles. The maximum Gasteiger partial charge on any atom is 0.127 e. The van der Waals surface area contributed by atoms with Crippen LogP contribution in [-0.4, -0.2) is 18.8 Å². The highest BCUT2D eigenvalue weighted by Gasteiger charge is 2.39. The Kier molecular flexibility index (Phi) is 3.12. The van der Waals surface area contributed by atoms with Crippen LogP contribution in [0.25, 0.3) is 0 Å². The van der Waals surface area contributed by atoms with Crippen LogP contribution >= 0.6 is 15.9 Å². The molecular formula is C14H18BrNO2. The summed E-state index contributed by atoms with van der Waals surface area (Å²) in [5, 5.41) is 0. The van der Waals surface area contributed by atoms with Crippen LogP contribution in [0.3, 0.4) is 0 Å². The minimum Gasteiger partial charge on any atom is -0.493 e. The number of halogens is 1. The molecule has 0 amide bonds. The molecule has 1 aromatic rings. The van der Waals surface area contributed by atoms with E-state index in [-0.39, 0.29) is 11.6 Å². The number of hydrogen-bond acceptors (Lipinski definition) is 3. The lowest BCUT2D eigenvalue weighted by atomic mass is 9.87.